The van der Waals surface area contributed by atoms with E-state index in [9.17, 15) is 9.59 Å². The van der Waals surface area contributed by atoms with E-state index in [0.717, 1.165) is 11.3 Å². The molecule has 0 atom stereocenters. The maximum Gasteiger partial charge on any atom is 0.269 e. The molecular weight excluding hydrogens is 282 g/mol. The van der Waals surface area contributed by atoms with Gasteiger partial charge in [0.1, 0.15) is 11.4 Å². The van der Waals surface area contributed by atoms with Crippen molar-refractivity contribution in [3.8, 4) is 5.75 Å². The molecule has 0 saturated heterocycles. The van der Waals surface area contributed by atoms with E-state index in [0.29, 0.717) is 12.1 Å². The Labute approximate surface area is 128 Å². The summed E-state index contributed by atoms with van der Waals surface area (Å²) in [5.74, 6) is -0.256. The first-order chi connectivity index (χ1) is 10.5. The number of carbonyl (C=O) groups is 2. The van der Waals surface area contributed by atoms with Crippen molar-refractivity contribution in [3.05, 3.63) is 58.9 Å². The number of primary amides is 1. The minimum Gasteiger partial charge on any atom is -0.496 e. The minimum atomic E-state index is -0.603. The van der Waals surface area contributed by atoms with Crippen molar-refractivity contribution in [3.63, 3.8) is 0 Å². The van der Waals surface area contributed by atoms with E-state index < -0.39 is 5.91 Å². The van der Waals surface area contributed by atoms with Gasteiger partial charge in [-0.3, -0.25) is 9.59 Å². The number of hydrogen-bond acceptors (Lipinski definition) is 4. The number of amides is 2. The van der Waals surface area contributed by atoms with Gasteiger partial charge < -0.3 is 15.8 Å². The van der Waals surface area contributed by atoms with Crippen LogP contribution < -0.4 is 15.8 Å². The maximum absolute atomic E-state index is 11.8. The second kappa shape index (κ2) is 6.71. The number of carbonyl (C=O) groups excluding carboxylic acids is 2. The lowest BCUT2D eigenvalue weighted by atomic mass is 10.1. The first-order valence-corrected chi connectivity index (χ1v) is 6.70. The molecule has 1 aromatic heterocycles. The molecule has 3 N–H and O–H groups in total. The van der Waals surface area contributed by atoms with Gasteiger partial charge in [-0.2, -0.15) is 0 Å². The first kappa shape index (κ1) is 15.5. The molecule has 6 nitrogen and oxygen atoms in total. The number of benzene rings is 1. The molecule has 22 heavy (non-hydrogen) atoms. The SMILES string of the molecule is CNC(=O)c1cc(C(N)=O)cc(Cc2ccccc2OC)n1. The van der Waals surface area contributed by atoms with Gasteiger partial charge in [-0.05, 0) is 18.2 Å². The fraction of sp³-hybridized carbons (Fsp3) is 0.188. The van der Waals surface area contributed by atoms with Crippen LogP contribution in [0, 0.1) is 0 Å². The largest absolute Gasteiger partial charge is 0.496 e. The van der Waals surface area contributed by atoms with Gasteiger partial charge in [-0.15, -0.1) is 0 Å². The summed E-state index contributed by atoms with van der Waals surface area (Å²) < 4.78 is 5.30. The van der Waals surface area contributed by atoms with Crippen LogP contribution in [0.2, 0.25) is 0 Å². The molecule has 0 aliphatic heterocycles. The number of nitrogens with zero attached hydrogens (tertiary/aromatic N) is 1. The number of aromatic nitrogens is 1. The highest BCUT2D eigenvalue weighted by atomic mass is 16.5. The maximum atomic E-state index is 11.8. The van der Waals surface area contributed by atoms with Crippen LogP contribution in [0.5, 0.6) is 5.75 Å². The highest BCUT2D eigenvalue weighted by Crippen LogP contribution is 2.21. The number of para-hydroxylation sites is 1. The summed E-state index contributed by atoms with van der Waals surface area (Å²) in [5.41, 5.74) is 7.20. The van der Waals surface area contributed by atoms with Crippen molar-refractivity contribution in [2.45, 2.75) is 6.42 Å². The third kappa shape index (κ3) is 3.41. The standard InChI is InChI=1S/C16H17N3O3/c1-18-16(21)13-9-11(15(17)20)8-12(19-13)7-10-5-3-4-6-14(10)22-2/h3-6,8-9H,7H2,1-2H3,(H2,17,20)(H,18,21). The Hall–Kier alpha value is -2.89. The van der Waals surface area contributed by atoms with Crippen molar-refractivity contribution in [1.29, 1.82) is 0 Å². The first-order valence-electron chi connectivity index (χ1n) is 6.70. The Kier molecular flexibility index (Phi) is 4.73. The van der Waals surface area contributed by atoms with Crippen LogP contribution in [0.4, 0.5) is 0 Å². The molecular formula is C16H17N3O3. The molecule has 0 unspecified atom stereocenters. The van der Waals surface area contributed by atoms with Gasteiger partial charge in [0.2, 0.25) is 5.91 Å². The average Bonchev–Trinajstić information content (AvgIpc) is 2.54. The monoisotopic (exact) mass is 299 g/mol. The molecule has 0 spiro atoms. The lowest BCUT2D eigenvalue weighted by Crippen LogP contribution is -2.21. The van der Waals surface area contributed by atoms with E-state index in [-0.39, 0.29) is 17.2 Å². The second-order valence-corrected chi connectivity index (χ2v) is 4.66. The van der Waals surface area contributed by atoms with Crippen molar-refractivity contribution >= 4 is 11.8 Å². The highest BCUT2D eigenvalue weighted by molar-refractivity contribution is 5.97. The molecule has 0 saturated carbocycles. The lowest BCUT2D eigenvalue weighted by Gasteiger charge is -2.10. The van der Waals surface area contributed by atoms with Crippen molar-refractivity contribution < 1.29 is 14.3 Å². The van der Waals surface area contributed by atoms with Crippen LogP contribution in [0.25, 0.3) is 0 Å². The Bertz CT molecular complexity index is 714. The zero-order chi connectivity index (χ0) is 16.1. The molecule has 0 aliphatic carbocycles. The second-order valence-electron chi connectivity index (χ2n) is 4.66. The lowest BCUT2D eigenvalue weighted by molar-refractivity contribution is 0.0958. The predicted octanol–water partition coefficient (Wildman–Crippen LogP) is 1.14. The molecule has 0 bridgehead atoms. The molecule has 2 rings (SSSR count). The summed E-state index contributed by atoms with van der Waals surface area (Å²) in [6, 6.07) is 10.5. The van der Waals surface area contributed by atoms with Crippen LogP contribution in [0.1, 0.15) is 32.1 Å². The molecule has 2 aromatic rings. The van der Waals surface area contributed by atoms with Gasteiger partial charge >= 0.3 is 0 Å². The Morgan fingerprint density at radius 1 is 1.27 bits per heavy atom. The van der Waals surface area contributed by atoms with E-state index in [4.69, 9.17) is 10.5 Å². The van der Waals surface area contributed by atoms with Gasteiger partial charge in [0.05, 0.1) is 7.11 Å². The fourth-order valence-electron chi connectivity index (χ4n) is 2.11. The molecule has 6 heteroatoms. The van der Waals surface area contributed by atoms with E-state index in [1.807, 2.05) is 24.3 Å². The van der Waals surface area contributed by atoms with Gasteiger partial charge in [0.15, 0.2) is 0 Å². The van der Waals surface area contributed by atoms with Gasteiger partial charge in [0, 0.05) is 30.3 Å². The van der Waals surface area contributed by atoms with Gasteiger partial charge in [-0.1, -0.05) is 18.2 Å². The zero-order valence-electron chi connectivity index (χ0n) is 12.4. The molecule has 2 amide bonds. The summed E-state index contributed by atoms with van der Waals surface area (Å²) in [4.78, 5) is 27.5. The van der Waals surface area contributed by atoms with E-state index in [1.165, 1.54) is 13.1 Å². The topological polar surface area (TPSA) is 94.3 Å². The molecule has 0 fully saturated rings. The molecule has 114 valence electrons. The van der Waals surface area contributed by atoms with E-state index in [1.54, 1.807) is 13.2 Å². The predicted molar refractivity (Wildman–Crippen MR) is 81.9 cm³/mol. The number of rotatable bonds is 5. The molecule has 0 aliphatic rings. The quantitative estimate of drug-likeness (QED) is 0.865. The summed E-state index contributed by atoms with van der Waals surface area (Å²) in [6.07, 6.45) is 0.426. The average molecular weight is 299 g/mol. The smallest absolute Gasteiger partial charge is 0.269 e. The van der Waals surface area contributed by atoms with Crippen LogP contribution in [-0.4, -0.2) is 31.0 Å². The summed E-state index contributed by atoms with van der Waals surface area (Å²) in [6.45, 7) is 0. The normalized spacial score (nSPS) is 10.1. The van der Waals surface area contributed by atoms with E-state index >= 15 is 0 Å². The molecule has 0 radical (unpaired) electrons. The summed E-state index contributed by atoms with van der Waals surface area (Å²) in [7, 11) is 3.09. The molecule has 1 aromatic carbocycles. The summed E-state index contributed by atoms with van der Waals surface area (Å²) in [5, 5.41) is 2.48. The van der Waals surface area contributed by atoms with Gasteiger partial charge in [0.25, 0.3) is 5.91 Å². The van der Waals surface area contributed by atoms with Crippen LogP contribution >= 0.6 is 0 Å². The third-order valence-electron chi connectivity index (χ3n) is 3.19. The number of pyridine rings is 1. The number of ether oxygens (including phenoxy) is 1. The Balaban J connectivity index is 2.43. The number of hydrogen-bond donors (Lipinski definition) is 2. The summed E-state index contributed by atoms with van der Waals surface area (Å²) >= 11 is 0. The number of methoxy groups -OCH3 is 1. The highest BCUT2D eigenvalue weighted by Gasteiger charge is 2.13. The zero-order valence-corrected chi connectivity index (χ0v) is 12.4. The third-order valence-corrected chi connectivity index (χ3v) is 3.19. The molecule has 1 heterocycles. The van der Waals surface area contributed by atoms with Crippen LogP contribution in [0.3, 0.4) is 0 Å². The number of nitrogens with two attached hydrogens (primary N) is 1. The van der Waals surface area contributed by atoms with Crippen molar-refractivity contribution in [2.75, 3.05) is 14.2 Å². The Morgan fingerprint density at radius 3 is 2.64 bits per heavy atom. The van der Waals surface area contributed by atoms with Crippen molar-refractivity contribution in [1.82, 2.24) is 10.3 Å². The fourth-order valence-corrected chi connectivity index (χ4v) is 2.11. The van der Waals surface area contributed by atoms with Crippen LogP contribution in [0.15, 0.2) is 36.4 Å². The van der Waals surface area contributed by atoms with Crippen LogP contribution in [-0.2, 0) is 6.42 Å². The van der Waals surface area contributed by atoms with Crippen molar-refractivity contribution in [2.24, 2.45) is 5.73 Å². The Morgan fingerprint density at radius 2 is 2.00 bits per heavy atom. The van der Waals surface area contributed by atoms with Gasteiger partial charge in [-0.25, -0.2) is 4.98 Å². The van der Waals surface area contributed by atoms with E-state index in [2.05, 4.69) is 10.3 Å². The number of nitrogens with one attached hydrogen (secondary N) is 1. The minimum absolute atomic E-state index is 0.156.